The topological polar surface area (TPSA) is 76.4 Å². The van der Waals surface area contributed by atoms with Gasteiger partial charge in [0.15, 0.2) is 0 Å². The highest BCUT2D eigenvalue weighted by Crippen LogP contribution is 2.27. The van der Waals surface area contributed by atoms with E-state index < -0.39 is 5.82 Å². The molecule has 0 saturated carbocycles. The number of rotatable bonds is 6. The van der Waals surface area contributed by atoms with Gasteiger partial charge in [0.1, 0.15) is 11.6 Å². The molecule has 0 aliphatic heterocycles. The Morgan fingerprint density at radius 1 is 1.47 bits per heavy atom. The van der Waals surface area contributed by atoms with E-state index in [1.165, 1.54) is 13.2 Å². The molecule has 106 valence electrons. The summed E-state index contributed by atoms with van der Waals surface area (Å²) in [7, 11) is 1.45. The van der Waals surface area contributed by atoms with Gasteiger partial charge in [0.2, 0.25) is 5.91 Å². The molecule has 6 heteroatoms. The first-order chi connectivity index (χ1) is 8.93. The van der Waals surface area contributed by atoms with Crippen LogP contribution < -0.4 is 21.1 Å². The minimum absolute atomic E-state index is 0.00326. The molecule has 1 amide bonds. The molecule has 0 saturated heterocycles. The number of hydrogen-bond acceptors (Lipinski definition) is 4. The van der Waals surface area contributed by atoms with Crippen LogP contribution in [0.2, 0.25) is 0 Å². The lowest BCUT2D eigenvalue weighted by Gasteiger charge is -2.12. The Kier molecular flexibility index (Phi) is 5.41. The summed E-state index contributed by atoms with van der Waals surface area (Å²) in [4.78, 5) is 11.5. The van der Waals surface area contributed by atoms with Crippen LogP contribution in [0.25, 0.3) is 0 Å². The second-order valence-corrected chi connectivity index (χ2v) is 4.63. The Labute approximate surface area is 112 Å². The molecular formula is C13H20FN3O2. The van der Waals surface area contributed by atoms with Crippen LogP contribution in [-0.4, -0.2) is 26.1 Å². The van der Waals surface area contributed by atoms with Gasteiger partial charge < -0.3 is 21.1 Å². The fourth-order valence-corrected chi connectivity index (χ4v) is 1.44. The van der Waals surface area contributed by atoms with Crippen molar-refractivity contribution in [2.24, 2.45) is 5.92 Å². The Morgan fingerprint density at radius 3 is 2.74 bits per heavy atom. The monoisotopic (exact) mass is 269 g/mol. The van der Waals surface area contributed by atoms with Crippen LogP contribution in [0.5, 0.6) is 5.75 Å². The second kappa shape index (κ2) is 6.82. The van der Waals surface area contributed by atoms with Crippen LogP contribution in [0.4, 0.5) is 15.8 Å². The minimum atomic E-state index is -0.519. The zero-order valence-electron chi connectivity index (χ0n) is 11.4. The van der Waals surface area contributed by atoms with Gasteiger partial charge in [-0.05, 0) is 5.92 Å². The number of nitrogens with one attached hydrogen (secondary N) is 2. The van der Waals surface area contributed by atoms with Crippen LogP contribution >= 0.6 is 0 Å². The first kappa shape index (κ1) is 15.1. The van der Waals surface area contributed by atoms with E-state index in [1.54, 1.807) is 0 Å². The average molecular weight is 269 g/mol. The Morgan fingerprint density at radius 2 is 2.16 bits per heavy atom. The molecule has 0 unspecified atom stereocenters. The van der Waals surface area contributed by atoms with E-state index in [9.17, 15) is 9.18 Å². The molecular weight excluding hydrogens is 249 g/mol. The summed E-state index contributed by atoms with van der Waals surface area (Å²) >= 11 is 0. The van der Waals surface area contributed by atoms with E-state index in [0.717, 1.165) is 6.07 Å². The number of amides is 1. The van der Waals surface area contributed by atoms with Gasteiger partial charge in [0, 0.05) is 18.7 Å². The molecule has 5 nitrogen and oxygen atoms in total. The fraction of sp³-hybridized carbons (Fsp3) is 0.462. The Balaban J connectivity index is 2.60. The standard InChI is InChI=1S/C13H20FN3O2/c1-8(2)6-17-13(18)7-16-11-5-12(19-3)10(15)4-9(11)14/h4-5,8,16H,6-7,15H2,1-3H3,(H,17,18). The molecule has 0 bridgehead atoms. The van der Waals surface area contributed by atoms with Crippen molar-refractivity contribution in [2.75, 3.05) is 31.2 Å². The van der Waals surface area contributed by atoms with E-state index in [2.05, 4.69) is 10.6 Å². The largest absolute Gasteiger partial charge is 0.495 e. The van der Waals surface area contributed by atoms with Crippen molar-refractivity contribution in [3.05, 3.63) is 17.9 Å². The number of hydrogen-bond donors (Lipinski definition) is 3. The predicted molar refractivity (Wildman–Crippen MR) is 73.7 cm³/mol. The zero-order chi connectivity index (χ0) is 14.4. The summed E-state index contributed by atoms with van der Waals surface area (Å²) in [6.07, 6.45) is 0. The second-order valence-electron chi connectivity index (χ2n) is 4.63. The van der Waals surface area contributed by atoms with Crippen LogP contribution in [0.15, 0.2) is 12.1 Å². The van der Waals surface area contributed by atoms with Gasteiger partial charge in [0.05, 0.1) is 25.0 Å². The number of ether oxygens (including phenoxy) is 1. The summed E-state index contributed by atoms with van der Waals surface area (Å²) in [6.45, 7) is 4.58. The van der Waals surface area contributed by atoms with Crippen molar-refractivity contribution in [3.63, 3.8) is 0 Å². The van der Waals surface area contributed by atoms with E-state index in [0.29, 0.717) is 18.2 Å². The summed E-state index contributed by atoms with van der Waals surface area (Å²) < 4.78 is 18.6. The maximum absolute atomic E-state index is 13.6. The third-order valence-corrected chi connectivity index (χ3v) is 2.47. The van der Waals surface area contributed by atoms with E-state index in [4.69, 9.17) is 10.5 Å². The number of halogens is 1. The molecule has 1 rings (SSSR count). The first-order valence-electron chi connectivity index (χ1n) is 6.07. The predicted octanol–water partition coefficient (Wildman–Crippen LogP) is 1.60. The van der Waals surface area contributed by atoms with E-state index >= 15 is 0 Å². The van der Waals surface area contributed by atoms with Gasteiger partial charge in [-0.3, -0.25) is 4.79 Å². The number of carbonyl (C=O) groups excluding carboxylic acids is 1. The maximum atomic E-state index is 13.6. The van der Waals surface area contributed by atoms with Crippen LogP contribution in [0.1, 0.15) is 13.8 Å². The molecule has 0 heterocycles. The molecule has 0 aliphatic carbocycles. The molecule has 19 heavy (non-hydrogen) atoms. The molecule has 4 N–H and O–H groups in total. The summed E-state index contributed by atoms with van der Waals surface area (Å²) in [6, 6.07) is 2.59. The van der Waals surface area contributed by atoms with E-state index in [-0.39, 0.29) is 23.8 Å². The van der Waals surface area contributed by atoms with Crippen LogP contribution in [0.3, 0.4) is 0 Å². The minimum Gasteiger partial charge on any atom is -0.495 e. The molecule has 0 radical (unpaired) electrons. The quantitative estimate of drug-likeness (QED) is 0.686. The number of nitrogens with two attached hydrogens (primary N) is 1. The van der Waals surface area contributed by atoms with Crippen LogP contribution in [0, 0.1) is 11.7 Å². The number of benzene rings is 1. The summed E-state index contributed by atoms with van der Waals surface area (Å²) in [5.74, 6) is 0.0302. The van der Waals surface area contributed by atoms with Crippen molar-refractivity contribution < 1.29 is 13.9 Å². The van der Waals surface area contributed by atoms with Gasteiger partial charge in [0.25, 0.3) is 0 Å². The molecule has 0 atom stereocenters. The molecule has 1 aromatic carbocycles. The van der Waals surface area contributed by atoms with Crippen LogP contribution in [-0.2, 0) is 4.79 Å². The van der Waals surface area contributed by atoms with Gasteiger partial charge in [-0.2, -0.15) is 0 Å². The van der Waals surface area contributed by atoms with Gasteiger partial charge >= 0.3 is 0 Å². The first-order valence-corrected chi connectivity index (χ1v) is 6.07. The SMILES string of the molecule is COc1cc(NCC(=O)NCC(C)C)c(F)cc1N. The fourth-order valence-electron chi connectivity index (χ4n) is 1.44. The molecule has 0 fully saturated rings. The highest BCUT2D eigenvalue weighted by atomic mass is 19.1. The smallest absolute Gasteiger partial charge is 0.239 e. The number of nitrogen functional groups attached to an aromatic ring is 1. The molecule has 0 spiro atoms. The third-order valence-electron chi connectivity index (χ3n) is 2.47. The van der Waals surface area contributed by atoms with Crippen molar-refractivity contribution >= 4 is 17.3 Å². The lowest BCUT2D eigenvalue weighted by molar-refractivity contribution is -0.119. The van der Waals surface area contributed by atoms with Gasteiger partial charge in [-0.15, -0.1) is 0 Å². The third kappa shape index (κ3) is 4.65. The number of methoxy groups -OCH3 is 1. The van der Waals surface area contributed by atoms with Crippen molar-refractivity contribution in [1.82, 2.24) is 5.32 Å². The number of carbonyl (C=O) groups is 1. The van der Waals surface area contributed by atoms with Gasteiger partial charge in [-0.1, -0.05) is 13.8 Å². The van der Waals surface area contributed by atoms with Gasteiger partial charge in [-0.25, -0.2) is 4.39 Å². The van der Waals surface area contributed by atoms with E-state index in [1.807, 2.05) is 13.8 Å². The Hall–Kier alpha value is -1.98. The van der Waals surface area contributed by atoms with Crippen molar-refractivity contribution in [1.29, 1.82) is 0 Å². The summed E-state index contributed by atoms with van der Waals surface area (Å²) in [5.41, 5.74) is 5.97. The summed E-state index contributed by atoms with van der Waals surface area (Å²) in [5, 5.41) is 5.45. The zero-order valence-corrected chi connectivity index (χ0v) is 11.4. The van der Waals surface area contributed by atoms with Crippen molar-refractivity contribution in [2.45, 2.75) is 13.8 Å². The molecule has 0 aliphatic rings. The average Bonchev–Trinajstić information content (AvgIpc) is 2.35. The normalized spacial score (nSPS) is 10.4. The lowest BCUT2D eigenvalue weighted by Crippen LogP contribution is -2.32. The molecule has 0 aromatic heterocycles. The Bertz CT molecular complexity index is 450. The number of anilines is 2. The van der Waals surface area contributed by atoms with Crippen molar-refractivity contribution in [3.8, 4) is 5.75 Å². The maximum Gasteiger partial charge on any atom is 0.239 e. The lowest BCUT2D eigenvalue weighted by atomic mass is 10.2. The highest BCUT2D eigenvalue weighted by Gasteiger charge is 2.09. The highest BCUT2D eigenvalue weighted by molar-refractivity contribution is 5.81. The molecule has 1 aromatic rings.